The van der Waals surface area contributed by atoms with Gasteiger partial charge in [-0.3, -0.25) is 4.98 Å². The van der Waals surface area contributed by atoms with Crippen molar-refractivity contribution in [2.45, 2.75) is 20.5 Å². The predicted molar refractivity (Wildman–Crippen MR) is 65.1 cm³/mol. The number of hydrogen-bond acceptors (Lipinski definition) is 2. The summed E-state index contributed by atoms with van der Waals surface area (Å²) in [6.45, 7) is 4.08. The number of hydrogen-bond donors (Lipinski definition) is 1. The summed E-state index contributed by atoms with van der Waals surface area (Å²) in [4.78, 5) is 4.29. The van der Waals surface area contributed by atoms with Crippen LogP contribution in [0.5, 0.6) is 0 Å². The zero-order valence-electron chi connectivity index (χ0n) is 9.57. The first-order valence-electron chi connectivity index (χ1n) is 5.34. The van der Waals surface area contributed by atoms with E-state index in [4.69, 9.17) is 0 Å². The van der Waals surface area contributed by atoms with Gasteiger partial charge in [0.1, 0.15) is 0 Å². The van der Waals surface area contributed by atoms with E-state index in [0.29, 0.717) is 0 Å². The average Bonchev–Trinajstić information content (AvgIpc) is 2.31. The molecule has 1 N–H and O–H groups in total. The molecule has 0 saturated carbocycles. The summed E-state index contributed by atoms with van der Waals surface area (Å²) in [6.07, 6.45) is 1.87. The fraction of sp³-hybridized carbons (Fsp3) is 0.214. The molecule has 0 aliphatic rings. The van der Waals surface area contributed by atoms with Gasteiger partial charge in [0.25, 0.3) is 0 Å². The number of benzene rings is 1. The first-order chi connectivity index (χ1) is 7.72. The highest BCUT2D eigenvalue weighted by molar-refractivity contribution is 5.67. The number of aliphatic hydroxyl groups excluding tert-OH is 1. The van der Waals surface area contributed by atoms with E-state index in [2.05, 4.69) is 17.1 Å². The van der Waals surface area contributed by atoms with Crippen LogP contribution in [0.4, 0.5) is 0 Å². The Bertz CT molecular complexity index is 489. The first kappa shape index (κ1) is 10.8. The van der Waals surface area contributed by atoms with Crippen LogP contribution in [0.25, 0.3) is 11.1 Å². The molecule has 0 saturated heterocycles. The van der Waals surface area contributed by atoms with E-state index < -0.39 is 0 Å². The minimum atomic E-state index is 0.0823. The molecule has 0 atom stereocenters. The van der Waals surface area contributed by atoms with Crippen LogP contribution in [0.3, 0.4) is 0 Å². The van der Waals surface area contributed by atoms with E-state index in [-0.39, 0.29) is 6.61 Å². The number of rotatable bonds is 2. The summed E-state index contributed by atoms with van der Waals surface area (Å²) < 4.78 is 0. The van der Waals surface area contributed by atoms with Crippen LogP contribution in [-0.2, 0) is 6.61 Å². The van der Waals surface area contributed by atoms with E-state index in [0.717, 1.165) is 27.9 Å². The summed E-state index contributed by atoms with van der Waals surface area (Å²) in [6, 6.07) is 10.0. The number of pyridine rings is 1. The van der Waals surface area contributed by atoms with Crippen molar-refractivity contribution >= 4 is 0 Å². The molecular formula is C14H15NO. The summed E-state index contributed by atoms with van der Waals surface area (Å²) >= 11 is 0. The fourth-order valence-electron chi connectivity index (χ4n) is 1.79. The second-order valence-electron chi connectivity index (χ2n) is 3.94. The summed E-state index contributed by atoms with van der Waals surface area (Å²) in [5, 5.41) is 9.22. The molecule has 82 valence electrons. The summed E-state index contributed by atoms with van der Waals surface area (Å²) in [5.41, 5.74) is 5.34. The van der Waals surface area contributed by atoms with E-state index in [1.165, 1.54) is 0 Å². The molecule has 0 amide bonds. The third-order valence-electron chi connectivity index (χ3n) is 2.84. The molecule has 0 radical (unpaired) electrons. The maximum atomic E-state index is 9.22. The van der Waals surface area contributed by atoms with Crippen molar-refractivity contribution in [2.75, 3.05) is 0 Å². The molecule has 2 rings (SSSR count). The smallest absolute Gasteiger partial charge is 0.0684 e. The highest BCUT2D eigenvalue weighted by Gasteiger charge is 2.05. The third kappa shape index (κ3) is 1.97. The van der Waals surface area contributed by atoms with Gasteiger partial charge in [-0.1, -0.05) is 24.3 Å². The van der Waals surface area contributed by atoms with Gasteiger partial charge in [-0.25, -0.2) is 0 Å². The second kappa shape index (κ2) is 4.45. The normalized spacial score (nSPS) is 10.4. The van der Waals surface area contributed by atoms with Crippen LogP contribution in [0.15, 0.2) is 36.5 Å². The number of aryl methyl sites for hydroxylation is 1. The van der Waals surface area contributed by atoms with Crippen LogP contribution < -0.4 is 0 Å². The monoisotopic (exact) mass is 213 g/mol. The standard InChI is InChI=1S/C14H15NO/c1-10-6-7-12(8-15-10)14-5-3-4-13(9-16)11(14)2/h3-8,16H,9H2,1-2H3. The topological polar surface area (TPSA) is 33.1 Å². The molecule has 0 aliphatic carbocycles. The van der Waals surface area contributed by atoms with Gasteiger partial charge in [-0.15, -0.1) is 0 Å². The Morgan fingerprint density at radius 1 is 1.12 bits per heavy atom. The van der Waals surface area contributed by atoms with Crippen molar-refractivity contribution in [1.82, 2.24) is 4.98 Å². The van der Waals surface area contributed by atoms with Crippen LogP contribution in [0.2, 0.25) is 0 Å². The van der Waals surface area contributed by atoms with Crippen molar-refractivity contribution in [2.24, 2.45) is 0 Å². The molecule has 1 aromatic carbocycles. The first-order valence-corrected chi connectivity index (χ1v) is 5.34. The molecule has 1 heterocycles. The average molecular weight is 213 g/mol. The lowest BCUT2D eigenvalue weighted by Crippen LogP contribution is -1.92. The van der Waals surface area contributed by atoms with Crippen molar-refractivity contribution in [3.63, 3.8) is 0 Å². The zero-order chi connectivity index (χ0) is 11.5. The van der Waals surface area contributed by atoms with Crippen LogP contribution >= 0.6 is 0 Å². The maximum Gasteiger partial charge on any atom is 0.0684 e. The van der Waals surface area contributed by atoms with Crippen LogP contribution in [0.1, 0.15) is 16.8 Å². The fourth-order valence-corrected chi connectivity index (χ4v) is 1.79. The summed E-state index contributed by atoms with van der Waals surface area (Å²) in [7, 11) is 0. The lowest BCUT2D eigenvalue weighted by atomic mass is 9.98. The van der Waals surface area contributed by atoms with Crippen molar-refractivity contribution in [3.8, 4) is 11.1 Å². The van der Waals surface area contributed by atoms with Crippen molar-refractivity contribution in [3.05, 3.63) is 53.3 Å². The Kier molecular flexibility index (Phi) is 3.02. The van der Waals surface area contributed by atoms with Crippen LogP contribution in [-0.4, -0.2) is 10.1 Å². The molecule has 0 fully saturated rings. The minimum Gasteiger partial charge on any atom is -0.392 e. The van der Waals surface area contributed by atoms with E-state index in [1.54, 1.807) is 0 Å². The van der Waals surface area contributed by atoms with Crippen molar-refractivity contribution < 1.29 is 5.11 Å². The molecule has 0 bridgehead atoms. The number of nitrogens with zero attached hydrogens (tertiary/aromatic N) is 1. The molecule has 1 aromatic heterocycles. The van der Waals surface area contributed by atoms with E-state index in [1.807, 2.05) is 38.2 Å². The minimum absolute atomic E-state index is 0.0823. The largest absolute Gasteiger partial charge is 0.392 e. The van der Waals surface area contributed by atoms with E-state index in [9.17, 15) is 5.11 Å². The van der Waals surface area contributed by atoms with Gasteiger partial charge in [0.05, 0.1) is 6.61 Å². The van der Waals surface area contributed by atoms with E-state index >= 15 is 0 Å². The lowest BCUT2D eigenvalue weighted by molar-refractivity contribution is 0.281. The lowest BCUT2D eigenvalue weighted by Gasteiger charge is -2.09. The molecular weight excluding hydrogens is 198 g/mol. The molecule has 2 nitrogen and oxygen atoms in total. The Labute approximate surface area is 95.6 Å². The Morgan fingerprint density at radius 3 is 2.56 bits per heavy atom. The third-order valence-corrected chi connectivity index (χ3v) is 2.84. The maximum absolute atomic E-state index is 9.22. The molecule has 2 heteroatoms. The highest BCUT2D eigenvalue weighted by Crippen LogP contribution is 2.25. The van der Waals surface area contributed by atoms with Gasteiger partial charge in [0.15, 0.2) is 0 Å². The van der Waals surface area contributed by atoms with Gasteiger partial charge in [0, 0.05) is 17.5 Å². The SMILES string of the molecule is Cc1ccc(-c2cccc(CO)c2C)cn1. The Balaban J connectivity index is 2.51. The summed E-state index contributed by atoms with van der Waals surface area (Å²) in [5.74, 6) is 0. The Morgan fingerprint density at radius 2 is 1.94 bits per heavy atom. The Hall–Kier alpha value is -1.67. The molecule has 0 unspecified atom stereocenters. The molecule has 0 aliphatic heterocycles. The predicted octanol–water partition coefficient (Wildman–Crippen LogP) is 2.86. The molecule has 0 spiro atoms. The number of aliphatic hydroxyl groups is 1. The second-order valence-corrected chi connectivity index (χ2v) is 3.94. The van der Waals surface area contributed by atoms with Gasteiger partial charge in [0.2, 0.25) is 0 Å². The van der Waals surface area contributed by atoms with Crippen LogP contribution in [0, 0.1) is 13.8 Å². The molecule has 16 heavy (non-hydrogen) atoms. The van der Waals surface area contributed by atoms with Gasteiger partial charge in [-0.05, 0) is 36.6 Å². The van der Waals surface area contributed by atoms with Gasteiger partial charge >= 0.3 is 0 Å². The van der Waals surface area contributed by atoms with Gasteiger partial charge in [-0.2, -0.15) is 0 Å². The van der Waals surface area contributed by atoms with Gasteiger partial charge < -0.3 is 5.11 Å². The zero-order valence-corrected chi connectivity index (χ0v) is 9.57. The highest BCUT2D eigenvalue weighted by atomic mass is 16.3. The molecule has 2 aromatic rings. The van der Waals surface area contributed by atoms with Crippen molar-refractivity contribution in [1.29, 1.82) is 0 Å². The quantitative estimate of drug-likeness (QED) is 0.832. The number of aromatic nitrogens is 1.